The Kier molecular flexibility index (Phi) is 7.88. The predicted molar refractivity (Wildman–Crippen MR) is 130 cm³/mol. The number of amides is 2. The molecule has 1 N–H and O–H groups in total. The number of likely N-dealkylation sites (tertiary alicyclic amines) is 1. The minimum Gasteiger partial charge on any atom is -0.493 e. The Morgan fingerprint density at radius 2 is 1.65 bits per heavy atom. The van der Waals surface area contributed by atoms with Gasteiger partial charge in [0, 0.05) is 24.7 Å². The second-order valence-corrected chi connectivity index (χ2v) is 11.3. The summed E-state index contributed by atoms with van der Waals surface area (Å²) in [4.78, 5) is 27.3. The van der Waals surface area contributed by atoms with Gasteiger partial charge in [0.05, 0.1) is 23.2 Å². The van der Waals surface area contributed by atoms with Crippen molar-refractivity contribution in [2.45, 2.75) is 55.1 Å². The van der Waals surface area contributed by atoms with Crippen LogP contribution in [0.4, 0.5) is 5.69 Å². The zero-order chi connectivity index (χ0) is 24.0. The van der Waals surface area contributed by atoms with Crippen LogP contribution in [0.5, 0.6) is 5.75 Å². The Balaban J connectivity index is 1.25. The summed E-state index contributed by atoms with van der Waals surface area (Å²) >= 11 is 0. The third-order valence-electron chi connectivity index (χ3n) is 6.72. The lowest BCUT2D eigenvalue weighted by Crippen LogP contribution is -2.41. The standard InChI is InChI=1S/C26H32N2O5S/c29-25(15-18-33-22-8-2-1-3-9-22)28-16-13-20(14-17-28)26(30)27-21-7-6-12-24(19-21)34(31,32)23-10-4-5-11-23/h1-3,6-9,12,19-20,23H,4-5,10-11,13-18H2,(H,27,30). The van der Waals surface area contributed by atoms with E-state index in [2.05, 4.69) is 5.32 Å². The fraction of sp³-hybridized carbons (Fsp3) is 0.462. The van der Waals surface area contributed by atoms with Gasteiger partial charge in [0.2, 0.25) is 11.8 Å². The summed E-state index contributed by atoms with van der Waals surface area (Å²) < 4.78 is 31.3. The zero-order valence-corrected chi connectivity index (χ0v) is 20.1. The van der Waals surface area contributed by atoms with Gasteiger partial charge in [-0.2, -0.15) is 0 Å². The molecule has 0 spiro atoms. The summed E-state index contributed by atoms with van der Waals surface area (Å²) in [6.45, 7) is 1.38. The van der Waals surface area contributed by atoms with Crippen molar-refractivity contribution in [3.05, 3.63) is 54.6 Å². The van der Waals surface area contributed by atoms with Gasteiger partial charge >= 0.3 is 0 Å². The molecule has 1 saturated heterocycles. The van der Waals surface area contributed by atoms with Crippen LogP contribution in [0.25, 0.3) is 0 Å². The van der Waals surface area contributed by atoms with E-state index < -0.39 is 9.84 Å². The largest absolute Gasteiger partial charge is 0.493 e. The van der Waals surface area contributed by atoms with Gasteiger partial charge in [0.25, 0.3) is 0 Å². The predicted octanol–water partition coefficient (Wildman–Crippen LogP) is 4.05. The average molecular weight is 485 g/mol. The lowest BCUT2D eigenvalue weighted by Gasteiger charge is -2.31. The third kappa shape index (κ3) is 5.97. The Morgan fingerprint density at radius 1 is 0.941 bits per heavy atom. The summed E-state index contributed by atoms with van der Waals surface area (Å²) in [6, 6.07) is 16.0. The van der Waals surface area contributed by atoms with Gasteiger partial charge in [0.15, 0.2) is 9.84 Å². The van der Waals surface area contributed by atoms with E-state index in [1.54, 1.807) is 29.2 Å². The molecule has 2 aromatic carbocycles. The van der Waals surface area contributed by atoms with Gasteiger partial charge in [-0.15, -0.1) is 0 Å². The van der Waals surface area contributed by atoms with E-state index in [-0.39, 0.29) is 27.9 Å². The molecule has 34 heavy (non-hydrogen) atoms. The lowest BCUT2D eigenvalue weighted by molar-refractivity contribution is -0.135. The van der Waals surface area contributed by atoms with Crippen LogP contribution in [-0.4, -0.2) is 50.1 Å². The van der Waals surface area contributed by atoms with E-state index >= 15 is 0 Å². The SMILES string of the molecule is O=C(Nc1cccc(S(=O)(=O)C2CCCC2)c1)C1CCN(C(=O)CCOc2ccccc2)CC1. The summed E-state index contributed by atoms with van der Waals surface area (Å²) in [5, 5.41) is 2.56. The summed E-state index contributed by atoms with van der Waals surface area (Å²) in [5.74, 6) is 0.431. The first-order valence-corrected chi connectivity index (χ1v) is 13.6. The molecule has 1 saturated carbocycles. The number of rotatable bonds is 8. The van der Waals surface area contributed by atoms with Crippen LogP contribution in [0.1, 0.15) is 44.9 Å². The average Bonchev–Trinajstić information content (AvgIpc) is 3.41. The normalized spacial score (nSPS) is 17.5. The minimum atomic E-state index is -3.37. The van der Waals surface area contributed by atoms with Crippen LogP contribution < -0.4 is 10.1 Å². The van der Waals surface area contributed by atoms with Gasteiger partial charge in [-0.1, -0.05) is 37.1 Å². The summed E-state index contributed by atoms with van der Waals surface area (Å²) in [5.41, 5.74) is 0.501. The number of carbonyl (C=O) groups excluding carboxylic acids is 2. The van der Waals surface area contributed by atoms with Gasteiger partial charge in [-0.3, -0.25) is 9.59 Å². The maximum Gasteiger partial charge on any atom is 0.227 e. The molecule has 1 heterocycles. The molecular weight excluding hydrogens is 452 g/mol. The van der Waals surface area contributed by atoms with Crippen molar-refractivity contribution in [2.24, 2.45) is 5.92 Å². The molecule has 1 aliphatic heterocycles. The molecule has 0 bridgehead atoms. The number of carbonyl (C=O) groups is 2. The van der Waals surface area contributed by atoms with Gasteiger partial charge < -0.3 is 15.0 Å². The smallest absolute Gasteiger partial charge is 0.227 e. The van der Waals surface area contributed by atoms with Crippen molar-refractivity contribution in [1.82, 2.24) is 4.90 Å². The van der Waals surface area contributed by atoms with Crippen molar-refractivity contribution in [3.8, 4) is 5.75 Å². The molecule has 182 valence electrons. The van der Waals surface area contributed by atoms with Crippen LogP contribution in [0, 0.1) is 5.92 Å². The van der Waals surface area contributed by atoms with Crippen molar-refractivity contribution < 1.29 is 22.7 Å². The van der Waals surface area contributed by atoms with Crippen LogP contribution in [0.15, 0.2) is 59.5 Å². The van der Waals surface area contributed by atoms with Gasteiger partial charge in [-0.25, -0.2) is 8.42 Å². The van der Waals surface area contributed by atoms with Crippen LogP contribution in [0.3, 0.4) is 0 Å². The highest BCUT2D eigenvalue weighted by Crippen LogP contribution is 2.30. The highest BCUT2D eigenvalue weighted by atomic mass is 32.2. The molecule has 0 unspecified atom stereocenters. The number of benzene rings is 2. The van der Waals surface area contributed by atoms with Crippen LogP contribution in [-0.2, 0) is 19.4 Å². The van der Waals surface area contributed by atoms with E-state index in [1.807, 2.05) is 30.3 Å². The second-order valence-electron chi connectivity index (χ2n) is 9.04. The number of nitrogens with zero attached hydrogens (tertiary/aromatic N) is 1. The number of nitrogens with one attached hydrogen (secondary N) is 1. The zero-order valence-electron chi connectivity index (χ0n) is 19.3. The minimum absolute atomic E-state index is 0.0274. The van der Waals surface area contributed by atoms with Gasteiger partial charge in [-0.05, 0) is 56.0 Å². The maximum absolute atomic E-state index is 12.9. The number of hydrogen-bond acceptors (Lipinski definition) is 5. The van der Waals surface area contributed by atoms with Crippen LogP contribution >= 0.6 is 0 Å². The highest BCUT2D eigenvalue weighted by molar-refractivity contribution is 7.92. The monoisotopic (exact) mass is 484 g/mol. The van der Waals surface area contributed by atoms with Crippen molar-refractivity contribution >= 4 is 27.3 Å². The number of anilines is 1. The first kappa shape index (κ1) is 24.3. The van der Waals surface area contributed by atoms with Crippen molar-refractivity contribution in [3.63, 3.8) is 0 Å². The molecule has 7 nitrogen and oxygen atoms in total. The lowest BCUT2D eigenvalue weighted by atomic mass is 9.95. The fourth-order valence-corrected chi connectivity index (χ4v) is 6.61. The third-order valence-corrected chi connectivity index (χ3v) is 8.98. The van der Waals surface area contributed by atoms with E-state index in [4.69, 9.17) is 4.74 Å². The molecule has 2 fully saturated rings. The highest BCUT2D eigenvalue weighted by Gasteiger charge is 2.31. The molecule has 2 amide bonds. The van der Waals surface area contributed by atoms with E-state index in [1.165, 1.54) is 0 Å². The topological polar surface area (TPSA) is 92.8 Å². The Hall–Kier alpha value is -2.87. The molecule has 2 aliphatic rings. The molecule has 0 radical (unpaired) electrons. The van der Waals surface area contributed by atoms with E-state index in [9.17, 15) is 18.0 Å². The van der Waals surface area contributed by atoms with E-state index in [0.29, 0.717) is 57.5 Å². The van der Waals surface area contributed by atoms with E-state index in [0.717, 1.165) is 18.6 Å². The van der Waals surface area contributed by atoms with Crippen LogP contribution in [0.2, 0.25) is 0 Å². The maximum atomic E-state index is 12.9. The summed E-state index contributed by atoms with van der Waals surface area (Å²) in [6.07, 6.45) is 4.76. The van der Waals surface area contributed by atoms with Crippen molar-refractivity contribution in [2.75, 3.05) is 25.0 Å². The molecular formula is C26H32N2O5S. The number of ether oxygens (including phenoxy) is 1. The van der Waals surface area contributed by atoms with Gasteiger partial charge in [0.1, 0.15) is 5.75 Å². The Morgan fingerprint density at radius 3 is 2.35 bits per heavy atom. The Bertz CT molecular complexity index is 1090. The second kappa shape index (κ2) is 11.0. The summed E-state index contributed by atoms with van der Waals surface area (Å²) in [7, 11) is -3.37. The molecule has 4 rings (SSSR count). The fourth-order valence-electron chi connectivity index (χ4n) is 4.71. The number of sulfone groups is 1. The quantitative estimate of drug-likeness (QED) is 0.610. The molecule has 8 heteroatoms. The first-order chi connectivity index (χ1) is 16.4. The van der Waals surface area contributed by atoms with Crippen molar-refractivity contribution in [1.29, 1.82) is 0 Å². The number of para-hydroxylation sites is 1. The number of hydrogen-bond donors (Lipinski definition) is 1. The first-order valence-electron chi connectivity index (χ1n) is 12.0. The molecule has 0 atom stereocenters. The molecule has 0 aromatic heterocycles. The number of piperidine rings is 1. The Labute approximate surface area is 201 Å². The molecule has 1 aliphatic carbocycles. The molecule has 2 aromatic rings.